The lowest BCUT2D eigenvalue weighted by molar-refractivity contribution is -0.596. The lowest BCUT2D eigenvalue weighted by Crippen LogP contribution is -3.00. The van der Waals surface area contributed by atoms with Gasteiger partial charge in [-0.1, -0.05) is 185 Å². The maximum absolute atomic E-state index is 2.43. The smallest absolute Gasteiger partial charge is 0.254 e. The van der Waals surface area contributed by atoms with Crippen molar-refractivity contribution in [2.75, 3.05) is 0 Å². The van der Waals surface area contributed by atoms with Crippen LogP contribution in [0.3, 0.4) is 0 Å². The number of hydrogen-bond acceptors (Lipinski definition) is 0. The molecular weight excluding hydrogens is 676 g/mol. The molecule has 274 valence electrons. The van der Waals surface area contributed by atoms with Crippen molar-refractivity contribution in [1.82, 2.24) is 4.57 Å². The second kappa shape index (κ2) is 18.2. The molecule has 0 aliphatic heterocycles. The van der Waals surface area contributed by atoms with Crippen LogP contribution in [-0.2, 0) is 0 Å². The molecule has 4 unspecified atom stereocenters. The van der Waals surface area contributed by atoms with Gasteiger partial charge in [-0.3, -0.25) is 0 Å². The Morgan fingerprint density at radius 1 is 0.407 bits per heavy atom. The first-order valence-corrected chi connectivity index (χ1v) is 19.7. The molecule has 0 radical (unpaired) electrons. The van der Waals surface area contributed by atoms with Crippen LogP contribution >= 0.6 is 0 Å². The van der Waals surface area contributed by atoms with E-state index in [1.807, 2.05) is 0 Å². The summed E-state index contributed by atoms with van der Waals surface area (Å²) >= 11 is 0. The van der Waals surface area contributed by atoms with Gasteiger partial charge in [0.2, 0.25) is 0 Å². The number of benzene rings is 6. The number of rotatable bonds is 14. The van der Waals surface area contributed by atoms with Gasteiger partial charge in [-0.25, -0.2) is 9.13 Å². The minimum atomic E-state index is 0. The third-order valence-electron chi connectivity index (χ3n) is 11.3. The summed E-state index contributed by atoms with van der Waals surface area (Å²) in [5, 5.41) is 0. The molecule has 0 spiro atoms. The molecule has 3 heteroatoms. The van der Waals surface area contributed by atoms with Gasteiger partial charge in [-0.05, 0) is 47.9 Å². The van der Waals surface area contributed by atoms with Gasteiger partial charge < -0.3 is 12.4 Å². The molecule has 54 heavy (non-hydrogen) atoms. The van der Waals surface area contributed by atoms with Gasteiger partial charge in [0.05, 0.1) is 0 Å². The minimum Gasteiger partial charge on any atom is -1.00 e. The van der Waals surface area contributed by atoms with Crippen LogP contribution in [0.25, 0.3) is 11.4 Å². The van der Waals surface area contributed by atoms with Crippen molar-refractivity contribution < 1.29 is 17.0 Å². The van der Waals surface area contributed by atoms with Gasteiger partial charge in [0, 0.05) is 45.9 Å². The van der Waals surface area contributed by atoms with Crippen LogP contribution in [0.5, 0.6) is 0 Å². The summed E-state index contributed by atoms with van der Waals surface area (Å²) in [5.74, 6) is 1.07. The highest BCUT2D eigenvalue weighted by Crippen LogP contribution is 2.41. The molecule has 0 amide bonds. The molecule has 0 saturated carbocycles. The Morgan fingerprint density at radius 3 is 1.06 bits per heavy atom. The number of imidazole rings is 1. The highest BCUT2D eigenvalue weighted by Gasteiger charge is 2.30. The van der Waals surface area contributed by atoms with Crippen molar-refractivity contribution in [2.45, 2.75) is 77.0 Å². The predicted octanol–water partition coefficient (Wildman–Crippen LogP) is 9.93. The Kier molecular flexibility index (Phi) is 13.0. The van der Waals surface area contributed by atoms with E-state index in [1.165, 1.54) is 55.9 Å². The zero-order chi connectivity index (χ0) is 36.6. The Morgan fingerprint density at radius 2 is 0.722 bits per heavy atom. The van der Waals surface area contributed by atoms with Crippen molar-refractivity contribution in [3.8, 4) is 11.4 Å². The van der Waals surface area contributed by atoms with E-state index in [4.69, 9.17) is 0 Å². The van der Waals surface area contributed by atoms with Crippen LogP contribution in [0.2, 0.25) is 0 Å². The number of hydrogen-bond donors (Lipinski definition) is 0. The summed E-state index contributed by atoms with van der Waals surface area (Å²) in [5.41, 5.74) is 13.5. The quantitative estimate of drug-likeness (QED) is 0.0987. The van der Waals surface area contributed by atoms with Crippen molar-refractivity contribution in [1.29, 1.82) is 0 Å². The molecule has 7 rings (SSSR count). The summed E-state index contributed by atoms with van der Waals surface area (Å²) in [4.78, 5) is 0. The van der Waals surface area contributed by atoms with Gasteiger partial charge in [-0.2, -0.15) is 0 Å². The second-order valence-corrected chi connectivity index (χ2v) is 14.3. The molecule has 0 N–H and O–H groups in total. The molecule has 0 aliphatic carbocycles. The first-order chi connectivity index (χ1) is 26.2. The normalized spacial score (nSPS) is 13.4. The fourth-order valence-corrected chi connectivity index (χ4v) is 8.78. The molecule has 0 bridgehead atoms. The van der Waals surface area contributed by atoms with E-state index in [1.54, 1.807) is 0 Å². The lowest BCUT2D eigenvalue weighted by Gasteiger charge is -2.24. The second-order valence-electron chi connectivity index (χ2n) is 14.3. The maximum Gasteiger partial charge on any atom is 0.254 e. The van der Waals surface area contributed by atoms with Crippen molar-refractivity contribution >= 4 is 0 Å². The summed E-state index contributed by atoms with van der Waals surface area (Å²) in [6.45, 7) is 9.29. The van der Waals surface area contributed by atoms with Crippen LogP contribution in [0.15, 0.2) is 176 Å². The van der Waals surface area contributed by atoms with Gasteiger partial charge >= 0.3 is 0 Å². The Hall–Kier alpha value is -5.18. The van der Waals surface area contributed by atoms with Crippen LogP contribution in [-0.4, -0.2) is 4.57 Å². The average Bonchev–Trinajstić information content (AvgIpc) is 3.70. The fraction of sp³-hybridized carbons (Fsp3) is 0.235. The Bertz CT molecular complexity index is 1900. The van der Waals surface area contributed by atoms with E-state index in [2.05, 4.69) is 213 Å². The Balaban J connectivity index is 0.00000497. The van der Waals surface area contributed by atoms with E-state index in [9.17, 15) is 0 Å². The van der Waals surface area contributed by atoms with Gasteiger partial charge in [0.25, 0.3) is 6.33 Å². The van der Waals surface area contributed by atoms with Crippen molar-refractivity contribution in [3.63, 3.8) is 0 Å². The van der Waals surface area contributed by atoms with Gasteiger partial charge in [-0.15, -0.1) is 0 Å². The summed E-state index contributed by atoms with van der Waals surface area (Å²) < 4.78 is 4.85. The standard InChI is InChI=1S/C51H53N2.ClH/c1-5-42(38-23-13-9-14-24-38)46-31-21-32-47(43(6-2)39-25-15-10-16-26-39)50(46)52-35-36-53(37-52)51-48(44(7-3)40-27-17-11-18-28-40)33-22-34-49(51)45(8-4)41-29-19-12-20-30-41;/h9-37,42-45H,5-8H2,1-4H3;1H/q+1;/p-1. The third-order valence-corrected chi connectivity index (χ3v) is 11.3. The van der Waals surface area contributed by atoms with Crippen LogP contribution in [0.4, 0.5) is 0 Å². The molecule has 0 saturated heterocycles. The molecular formula is C51H53ClN2. The van der Waals surface area contributed by atoms with Crippen molar-refractivity contribution in [3.05, 3.63) is 221 Å². The molecule has 4 atom stereocenters. The monoisotopic (exact) mass is 728 g/mol. The van der Waals surface area contributed by atoms with Crippen LogP contribution in [0, 0.1) is 0 Å². The highest BCUT2D eigenvalue weighted by atomic mass is 35.5. The minimum absolute atomic E-state index is 0. The zero-order valence-electron chi connectivity index (χ0n) is 32.2. The third kappa shape index (κ3) is 7.86. The maximum atomic E-state index is 2.43. The first kappa shape index (κ1) is 38.5. The Labute approximate surface area is 329 Å². The zero-order valence-corrected chi connectivity index (χ0v) is 32.9. The van der Waals surface area contributed by atoms with Gasteiger partial charge in [0.1, 0.15) is 23.8 Å². The topological polar surface area (TPSA) is 8.81 Å². The van der Waals surface area contributed by atoms with Crippen molar-refractivity contribution in [2.24, 2.45) is 0 Å². The van der Waals surface area contributed by atoms with E-state index in [0.29, 0.717) is 0 Å². The molecule has 1 aromatic heterocycles. The molecule has 2 nitrogen and oxygen atoms in total. The van der Waals surface area contributed by atoms with Crippen LogP contribution in [0.1, 0.15) is 122 Å². The summed E-state index contributed by atoms with van der Waals surface area (Å²) in [6.07, 6.45) is 11.0. The number of nitrogens with zero attached hydrogens (tertiary/aromatic N) is 2. The van der Waals surface area contributed by atoms with E-state index >= 15 is 0 Å². The molecule has 0 aliphatic rings. The molecule has 1 heterocycles. The SMILES string of the molecule is CCC(c1ccccc1)c1cccc(C(CC)c2ccccc2)c1-n1cc[n+](-c2c(C(CC)c3ccccc3)cccc2C(CC)c2ccccc2)c1.[Cl-]. The number of halogens is 1. The predicted molar refractivity (Wildman–Crippen MR) is 222 cm³/mol. The van der Waals surface area contributed by atoms with Crippen LogP contribution < -0.4 is 17.0 Å². The van der Waals surface area contributed by atoms with E-state index < -0.39 is 0 Å². The first-order valence-electron chi connectivity index (χ1n) is 19.7. The summed E-state index contributed by atoms with van der Waals surface area (Å²) in [7, 11) is 0. The largest absolute Gasteiger partial charge is 1.00 e. The van der Waals surface area contributed by atoms with E-state index in [-0.39, 0.29) is 36.1 Å². The highest BCUT2D eigenvalue weighted by molar-refractivity contribution is 5.56. The lowest BCUT2D eigenvalue weighted by atomic mass is 9.82. The van der Waals surface area contributed by atoms with Gasteiger partial charge in [0.15, 0.2) is 0 Å². The number of para-hydroxylation sites is 2. The summed E-state index contributed by atoms with van der Waals surface area (Å²) in [6, 6.07) is 58.3. The number of aromatic nitrogens is 2. The fourth-order valence-electron chi connectivity index (χ4n) is 8.78. The molecule has 7 aromatic rings. The van der Waals surface area contributed by atoms with E-state index in [0.717, 1.165) is 25.7 Å². The average molecular weight is 729 g/mol. The molecule has 0 fully saturated rings. The molecule has 6 aromatic carbocycles.